The van der Waals surface area contributed by atoms with Gasteiger partial charge in [-0.25, -0.2) is 0 Å². The molecule has 1 amide bonds. The first-order valence-electron chi connectivity index (χ1n) is 6.90. The standard InChI is InChI=1S/C15H21NO5/c1-9-4-3-5-11(14(9)20-2)15(19)16-6-10-7-21-8-12(17)13(10)18/h3-5,10,12-13,17-18H,6-8H2,1-2H3,(H,16,19)/t10-,12-,13+/m1/s1. The topological polar surface area (TPSA) is 88.0 Å². The lowest BCUT2D eigenvalue weighted by Crippen LogP contribution is -2.48. The van der Waals surface area contributed by atoms with Gasteiger partial charge in [0.15, 0.2) is 0 Å². The highest BCUT2D eigenvalue weighted by atomic mass is 16.5. The molecule has 1 aliphatic heterocycles. The van der Waals surface area contributed by atoms with Gasteiger partial charge in [-0.15, -0.1) is 0 Å². The second-order valence-corrected chi connectivity index (χ2v) is 5.22. The zero-order valence-corrected chi connectivity index (χ0v) is 12.2. The minimum atomic E-state index is -0.908. The first kappa shape index (κ1) is 15.8. The summed E-state index contributed by atoms with van der Waals surface area (Å²) in [6.45, 7) is 2.53. The summed E-state index contributed by atoms with van der Waals surface area (Å²) in [5.41, 5.74) is 1.32. The highest BCUT2D eigenvalue weighted by Crippen LogP contribution is 2.23. The number of para-hydroxylation sites is 1. The van der Waals surface area contributed by atoms with Crippen LogP contribution in [0.5, 0.6) is 5.75 Å². The van der Waals surface area contributed by atoms with Crippen molar-refractivity contribution >= 4 is 5.91 Å². The van der Waals surface area contributed by atoms with Crippen LogP contribution in [0.25, 0.3) is 0 Å². The number of hydrogen-bond acceptors (Lipinski definition) is 5. The van der Waals surface area contributed by atoms with E-state index < -0.39 is 12.2 Å². The van der Waals surface area contributed by atoms with Gasteiger partial charge in [-0.2, -0.15) is 0 Å². The lowest BCUT2D eigenvalue weighted by atomic mass is 9.96. The van der Waals surface area contributed by atoms with E-state index in [1.165, 1.54) is 7.11 Å². The van der Waals surface area contributed by atoms with E-state index in [1.807, 2.05) is 13.0 Å². The fraction of sp³-hybridized carbons (Fsp3) is 0.533. The number of carbonyl (C=O) groups excluding carboxylic acids is 1. The number of ether oxygens (including phenoxy) is 2. The van der Waals surface area contributed by atoms with Gasteiger partial charge < -0.3 is 25.0 Å². The molecule has 0 unspecified atom stereocenters. The van der Waals surface area contributed by atoms with E-state index in [9.17, 15) is 15.0 Å². The lowest BCUT2D eigenvalue weighted by Gasteiger charge is -2.31. The van der Waals surface area contributed by atoms with Gasteiger partial charge in [0, 0.05) is 12.5 Å². The smallest absolute Gasteiger partial charge is 0.255 e. The molecule has 0 aliphatic carbocycles. The van der Waals surface area contributed by atoms with Crippen molar-refractivity contribution in [2.24, 2.45) is 5.92 Å². The molecular weight excluding hydrogens is 274 g/mol. The fourth-order valence-electron chi connectivity index (χ4n) is 2.45. The first-order chi connectivity index (χ1) is 10.0. The maximum atomic E-state index is 12.2. The van der Waals surface area contributed by atoms with Gasteiger partial charge >= 0.3 is 0 Å². The van der Waals surface area contributed by atoms with Gasteiger partial charge in [0.05, 0.1) is 32.0 Å². The molecule has 6 heteroatoms. The van der Waals surface area contributed by atoms with E-state index >= 15 is 0 Å². The Labute approximate surface area is 123 Å². The van der Waals surface area contributed by atoms with Gasteiger partial charge in [-0.1, -0.05) is 12.1 Å². The molecular formula is C15H21NO5. The molecule has 0 radical (unpaired) electrons. The van der Waals surface area contributed by atoms with Crippen LogP contribution in [0, 0.1) is 12.8 Å². The Balaban J connectivity index is 2.00. The highest BCUT2D eigenvalue weighted by Gasteiger charge is 2.31. The minimum absolute atomic E-state index is 0.122. The van der Waals surface area contributed by atoms with Gasteiger partial charge in [0.25, 0.3) is 5.91 Å². The number of aliphatic hydroxyl groups excluding tert-OH is 2. The molecule has 0 saturated carbocycles. The molecule has 1 heterocycles. The van der Waals surface area contributed by atoms with Gasteiger partial charge in [0.1, 0.15) is 11.9 Å². The Morgan fingerprint density at radius 2 is 2.19 bits per heavy atom. The molecule has 6 nitrogen and oxygen atoms in total. The average molecular weight is 295 g/mol. The summed E-state index contributed by atoms with van der Waals surface area (Å²) in [4.78, 5) is 12.2. The quantitative estimate of drug-likeness (QED) is 0.733. The third-order valence-corrected chi connectivity index (χ3v) is 3.68. The van der Waals surface area contributed by atoms with E-state index in [1.54, 1.807) is 12.1 Å². The number of aryl methyl sites for hydroxylation is 1. The Bertz CT molecular complexity index is 505. The van der Waals surface area contributed by atoms with Gasteiger partial charge in [0.2, 0.25) is 0 Å². The molecule has 1 aliphatic rings. The normalized spacial score (nSPS) is 25.4. The molecule has 1 aromatic rings. The van der Waals surface area contributed by atoms with Crippen LogP contribution in [0.2, 0.25) is 0 Å². The molecule has 116 valence electrons. The van der Waals surface area contributed by atoms with Crippen molar-refractivity contribution in [3.8, 4) is 5.75 Å². The second-order valence-electron chi connectivity index (χ2n) is 5.22. The summed E-state index contributed by atoms with van der Waals surface area (Å²) in [5, 5.41) is 22.2. The Morgan fingerprint density at radius 3 is 2.90 bits per heavy atom. The number of amides is 1. The second kappa shape index (κ2) is 6.89. The van der Waals surface area contributed by atoms with Crippen LogP contribution in [0.15, 0.2) is 18.2 Å². The summed E-state index contributed by atoms with van der Waals surface area (Å²) in [5.74, 6) is -0.0632. The number of aliphatic hydroxyl groups is 2. The molecule has 1 saturated heterocycles. The Morgan fingerprint density at radius 1 is 1.43 bits per heavy atom. The zero-order valence-electron chi connectivity index (χ0n) is 12.2. The van der Waals surface area contributed by atoms with E-state index in [0.29, 0.717) is 17.9 Å². The number of benzene rings is 1. The monoisotopic (exact) mass is 295 g/mol. The number of methoxy groups -OCH3 is 1. The molecule has 1 aromatic carbocycles. The van der Waals surface area contributed by atoms with Crippen molar-refractivity contribution in [3.05, 3.63) is 29.3 Å². The van der Waals surface area contributed by atoms with Crippen LogP contribution >= 0.6 is 0 Å². The lowest BCUT2D eigenvalue weighted by molar-refractivity contribution is -0.118. The third kappa shape index (κ3) is 3.53. The predicted octanol–water partition coefficient (Wildman–Crippen LogP) is 0.102. The SMILES string of the molecule is COc1c(C)cccc1C(=O)NC[C@@H]1COC[C@@H](O)[C@H]1O. The van der Waals surface area contributed by atoms with Crippen LogP contribution in [-0.4, -0.2) is 55.2 Å². The van der Waals surface area contributed by atoms with Crippen molar-refractivity contribution in [2.45, 2.75) is 19.1 Å². The van der Waals surface area contributed by atoms with Crippen molar-refractivity contribution in [2.75, 3.05) is 26.9 Å². The summed E-state index contributed by atoms with van der Waals surface area (Å²) >= 11 is 0. The predicted molar refractivity (Wildman–Crippen MR) is 76.4 cm³/mol. The van der Waals surface area contributed by atoms with Crippen molar-refractivity contribution in [3.63, 3.8) is 0 Å². The van der Waals surface area contributed by atoms with Crippen molar-refractivity contribution in [1.29, 1.82) is 0 Å². The maximum absolute atomic E-state index is 12.2. The Kier molecular flexibility index (Phi) is 5.17. The molecule has 3 N–H and O–H groups in total. The number of nitrogens with one attached hydrogen (secondary N) is 1. The van der Waals surface area contributed by atoms with E-state index in [-0.39, 0.29) is 25.0 Å². The molecule has 2 rings (SSSR count). The molecule has 1 fully saturated rings. The van der Waals surface area contributed by atoms with Gasteiger partial charge in [-0.05, 0) is 18.6 Å². The number of carbonyl (C=O) groups is 1. The number of hydrogen-bond donors (Lipinski definition) is 3. The largest absolute Gasteiger partial charge is 0.496 e. The van der Waals surface area contributed by atoms with E-state index in [0.717, 1.165) is 5.56 Å². The van der Waals surface area contributed by atoms with Crippen molar-refractivity contribution in [1.82, 2.24) is 5.32 Å². The zero-order chi connectivity index (χ0) is 15.4. The summed E-state index contributed by atoms with van der Waals surface area (Å²) < 4.78 is 10.4. The fourth-order valence-corrected chi connectivity index (χ4v) is 2.45. The third-order valence-electron chi connectivity index (χ3n) is 3.68. The molecule has 0 aromatic heterocycles. The minimum Gasteiger partial charge on any atom is -0.496 e. The van der Waals surface area contributed by atoms with Crippen LogP contribution in [0.3, 0.4) is 0 Å². The van der Waals surface area contributed by atoms with Crippen molar-refractivity contribution < 1.29 is 24.5 Å². The van der Waals surface area contributed by atoms with Crippen LogP contribution in [0.4, 0.5) is 0 Å². The Hall–Kier alpha value is -1.63. The van der Waals surface area contributed by atoms with Crippen LogP contribution < -0.4 is 10.1 Å². The maximum Gasteiger partial charge on any atom is 0.255 e. The average Bonchev–Trinajstić information content (AvgIpc) is 2.48. The highest BCUT2D eigenvalue weighted by molar-refractivity contribution is 5.97. The van der Waals surface area contributed by atoms with E-state index in [4.69, 9.17) is 9.47 Å². The summed E-state index contributed by atoms with van der Waals surface area (Å²) in [7, 11) is 1.52. The molecule has 0 spiro atoms. The van der Waals surface area contributed by atoms with Gasteiger partial charge in [-0.3, -0.25) is 4.79 Å². The molecule has 0 bridgehead atoms. The first-order valence-corrected chi connectivity index (χ1v) is 6.90. The summed E-state index contributed by atoms with van der Waals surface area (Å²) in [6.07, 6.45) is -1.80. The molecule has 3 atom stereocenters. The number of rotatable bonds is 4. The van der Waals surface area contributed by atoms with Crippen LogP contribution in [0.1, 0.15) is 15.9 Å². The molecule has 21 heavy (non-hydrogen) atoms. The van der Waals surface area contributed by atoms with Crippen LogP contribution in [-0.2, 0) is 4.74 Å². The summed E-state index contributed by atoms with van der Waals surface area (Å²) in [6, 6.07) is 5.34. The van der Waals surface area contributed by atoms with E-state index in [2.05, 4.69) is 5.32 Å².